The highest BCUT2D eigenvalue weighted by atomic mass is 127. The van der Waals surface area contributed by atoms with Gasteiger partial charge >= 0.3 is 0 Å². The standard InChI is InChI=1S/C21H28N4O2.HI/c1-22-20(26)18-9-6-7-16(15-18)11-13-24-21(23-2)25-14-12-17-8-4-5-10-19(17)27-3;/h4-10,15H,11-14H2,1-3H3,(H,22,26)(H2,23,24,25);1H. The Bertz CT molecular complexity index is 781. The number of rotatable bonds is 8. The SMILES string of the molecule is CN=C(NCCc1cccc(C(=O)NC)c1)NCCc1ccccc1OC.I. The molecule has 0 heterocycles. The minimum atomic E-state index is -0.0707. The number of carbonyl (C=O) groups is 1. The van der Waals surface area contributed by atoms with Gasteiger partial charge in [0.1, 0.15) is 5.75 Å². The molecule has 6 nitrogen and oxygen atoms in total. The molecular formula is C21H29IN4O2. The molecule has 1 amide bonds. The lowest BCUT2D eigenvalue weighted by atomic mass is 10.1. The van der Waals surface area contributed by atoms with Crippen molar-refractivity contribution in [2.75, 3.05) is 34.3 Å². The summed E-state index contributed by atoms with van der Waals surface area (Å²) in [6.07, 6.45) is 1.65. The number of nitrogens with zero attached hydrogens (tertiary/aromatic N) is 1. The van der Waals surface area contributed by atoms with E-state index in [1.807, 2.05) is 42.5 Å². The molecule has 2 aromatic rings. The molecule has 0 unspecified atom stereocenters. The Hall–Kier alpha value is -2.29. The molecular weight excluding hydrogens is 467 g/mol. The van der Waals surface area contributed by atoms with E-state index in [0.29, 0.717) is 5.56 Å². The number of hydrogen-bond donors (Lipinski definition) is 3. The molecule has 28 heavy (non-hydrogen) atoms. The third-order valence-corrected chi connectivity index (χ3v) is 4.23. The van der Waals surface area contributed by atoms with Crippen molar-refractivity contribution in [3.63, 3.8) is 0 Å². The number of aliphatic imine (C=N–C) groups is 1. The van der Waals surface area contributed by atoms with Crippen LogP contribution >= 0.6 is 24.0 Å². The summed E-state index contributed by atoms with van der Waals surface area (Å²) < 4.78 is 5.38. The molecule has 152 valence electrons. The second kappa shape index (κ2) is 13.0. The number of carbonyl (C=O) groups excluding carboxylic acids is 1. The van der Waals surface area contributed by atoms with E-state index in [0.717, 1.165) is 48.8 Å². The molecule has 0 fully saturated rings. The van der Waals surface area contributed by atoms with E-state index in [9.17, 15) is 4.79 Å². The Morgan fingerprint density at radius 3 is 2.43 bits per heavy atom. The summed E-state index contributed by atoms with van der Waals surface area (Å²) in [7, 11) is 5.08. The van der Waals surface area contributed by atoms with Crippen LogP contribution in [-0.2, 0) is 12.8 Å². The molecule has 7 heteroatoms. The highest BCUT2D eigenvalue weighted by molar-refractivity contribution is 14.0. The van der Waals surface area contributed by atoms with Gasteiger partial charge in [-0.3, -0.25) is 9.79 Å². The molecule has 0 saturated heterocycles. The third-order valence-electron chi connectivity index (χ3n) is 4.23. The van der Waals surface area contributed by atoms with Crippen molar-refractivity contribution in [1.82, 2.24) is 16.0 Å². The van der Waals surface area contributed by atoms with Crippen molar-refractivity contribution in [1.29, 1.82) is 0 Å². The average molecular weight is 496 g/mol. The Labute approximate surface area is 184 Å². The molecule has 0 atom stereocenters. The van der Waals surface area contributed by atoms with Gasteiger partial charge < -0.3 is 20.7 Å². The van der Waals surface area contributed by atoms with E-state index < -0.39 is 0 Å². The fourth-order valence-electron chi connectivity index (χ4n) is 2.78. The zero-order chi connectivity index (χ0) is 19.5. The largest absolute Gasteiger partial charge is 0.496 e. The Morgan fingerprint density at radius 2 is 1.75 bits per heavy atom. The molecule has 0 aromatic heterocycles. The summed E-state index contributed by atoms with van der Waals surface area (Å²) in [5.74, 6) is 1.59. The van der Waals surface area contributed by atoms with Crippen LogP contribution in [0.3, 0.4) is 0 Å². The fourth-order valence-corrected chi connectivity index (χ4v) is 2.78. The third kappa shape index (κ3) is 7.38. The number of nitrogens with one attached hydrogen (secondary N) is 3. The monoisotopic (exact) mass is 496 g/mol. The van der Waals surface area contributed by atoms with Gasteiger partial charge in [0.25, 0.3) is 5.91 Å². The zero-order valence-corrected chi connectivity index (χ0v) is 18.9. The van der Waals surface area contributed by atoms with Crippen LogP contribution in [0.1, 0.15) is 21.5 Å². The number of para-hydroxylation sites is 1. The first kappa shape index (κ1) is 23.7. The second-order valence-corrected chi connectivity index (χ2v) is 6.02. The van der Waals surface area contributed by atoms with E-state index in [-0.39, 0.29) is 29.9 Å². The molecule has 0 aliphatic rings. The normalized spacial score (nSPS) is 10.6. The molecule has 0 saturated carbocycles. The van der Waals surface area contributed by atoms with Crippen LogP contribution in [0, 0.1) is 0 Å². The second-order valence-electron chi connectivity index (χ2n) is 6.02. The first-order valence-electron chi connectivity index (χ1n) is 9.05. The van der Waals surface area contributed by atoms with Gasteiger partial charge in [-0.2, -0.15) is 0 Å². The van der Waals surface area contributed by atoms with Gasteiger partial charge in [0, 0.05) is 32.7 Å². The maximum atomic E-state index is 11.7. The van der Waals surface area contributed by atoms with Crippen LogP contribution in [0.15, 0.2) is 53.5 Å². The summed E-state index contributed by atoms with van der Waals surface area (Å²) in [6.45, 7) is 1.48. The topological polar surface area (TPSA) is 74.8 Å². The molecule has 0 spiro atoms. The lowest BCUT2D eigenvalue weighted by Crippen LogP contribution is -2.39. The van der Waals surface area contributed by atoms with Crippen LogP contribution in [0.25, 0.3) is 0 Å². The number of benzene rings is 2. The van der Waals surface area contributed by atoms with E-state index in [1.165, 1.54) is 0 Å². The van der Waals surface area contributed by atoms with E-state index in [4.69, 9.17) is 4.74 Å². The zero-order valence-electron chi connectivity index (χ0n) is 16.6. The predicted molar refractivity (Wildman–Crippen MR) is 125 cm³/mol. The van der Waals surface area contributed by atoms with Crippen LogP contribution in [-0.4, -0.2) is 46.2 Å². The summed E-state index contributed by atoms with van der Waals surface area (Å²) >= 11 is 0. The van der Waals surface area contributed by atoms with Gasteiger partial charge in [0.2, 0.25) is 0 Å². The van der Waals surface area contributed by atoms with E-state index in [2.05, 4.69) is 27.0 Å². The number of hydrogen-bond acceptors (Lipinski definition) is 3. The first-order chi connectivity index (χ1) is 13.2. The first-order valence-corrected chi connectivity index (χ1v) is 9.05. The lowest BCUT2D eigenvalue weighted by molar-refractivity contribution is 0.0963. The lowest BCUT2D eigenvalue weighted by Gasteiger charge is -2.13. The van der Waals surface area contributed by atoms with Crippen LogP contribution in [0.5, 0.6) is 5.75 Å². The molecule has 0 aliphatic carbocycles. The Morgan fingerprint density at radius 1 is 1.04 bits per heavy atom. The molecule has 2 aromatic carbocycles. The van der Waals surface area contributed by atoms with E-state index >= 15 is 0 Å². The Balaban J connectivity index is 0.00000392. The molecule has 2 rings (SSSR count). The quantitative estimate of drug-likeness (QED) is 0.299. The van der Waals surface area contributed by atoms with Crippen LogP contribution < -0.4 is 20.7 Å². The highest BCUT2D eigenvalue weighted by Gasteiger charge is 2.05. The highest BCUT2D eigenvalue weighted by Crippen LogP contribution is 2.17. The van der Waals surface area contributed by atoms with Crippen molar-refractivity contribution in [2.24, 2.45) is 4.99 Å². The maximum Gasteiger partial charge on any atom is 0.251 e. The minimum Gasteiger partial charge on any atom is -0.496 e. The molecule has 3 N–H and O–H groups in total. The van der Waals surface area contributed by atoms with Crippen LogP contribution in [0.2, 0.25) is 0 Å². The van der Waals surface area contributed by atoms with Gasteiger partial charge in [-0.05, 0) is 42.2 Å². The maximum absolute atomic E-state index is 11.7. The number of guanidine groups is 1. The summed E-state index contributed by atoms with van der Waals surface area (Å²) in [5.41, 5.74) is 2.94. The smallest absolute Gasteiger partial charge is 0.251 e. The predicted octanol–water partition coefficient (Wildman–Crippen LogP) is 2.62. The van der Waals surface area contributed by atoms with Crippen molar-refractivity contribution in [3.8, 4) is 5.75 Å². The molecule has 0 bridgehead atoms. The van der Waals surface area contributed by atoms with Gasteiger partial charge in [0.05, 0.1) is 7.11 Å². The number of amides is 1. The van der Waals surface area contributed by atoms with E-state index in [1.54, 1.807) is 21.2 Å². The number of halogens is 1. The summed E-state index contributed by atoms with van der Waals surface area (Å²) in [6, 6.07) is 15.7. The van der Waals surface area contributed by atoms with Crippen molar-refractivity contribution in [3.05, 3.63) is 65.2 Å². The van der Waals surface area contributed by atoms with Crippen molar-refractivity contribution >= 4 is 35.8 Å². The number of ether oxygens (including phenoxy) is 1. The van der Waals surface area contributed by atoms with Crippen molar-refractivity contribution in [2.45, 2.75) is 12.8 Å². The number of methoxy groups -OCH3 is 1. The average Bonchev–Trinajstić information content (AvgIpc) is 2.72. The van der Waals surface area contributed by atoms with Gasteiger partial charge in [-0.15, -0.1) is 24.0 Å². The van der Waals surface area contributed by atoms with Crippen molar-refractivity contribution < 1.29 is 9.53 Å². The summed E-state index contributed by atoms with van der Waals surface area (Å²) in [4.78, 5) is 16.0. The van der Waals surface area contributed by atoms with Crippen LogP contribution in [0.4, 0.5) is 0 Å². The fraction of sp³-hybridized carbons (Fsp3) is 0.333. The Kier molecular flexibility index (Phi) is 11.0. The molecule has 0 radical (unpaired) electrons. The van der Waals surface area contributed by atoms with Gasteiger partial charge in [-0.1, -0.05) is 30.3 Å². The van der Waals surface area contributed by atoms with Gasteiger partial charge in [0.15, 0.2) is 5.96 Å². The molecule has 0 aliphatic heterocycles. The minimum absolute atomic E-state index is 0. The summed E-state index contributed by atoms with van der Waals surface area (Å²) in [5, 5.41) is 9.26. The van der Waals surface area contributed by atoms with Gasteiger partial charge in [-0.25, -0.2) is 0 Å².